The van der Waals surface area contributed by atoms with Crippen LogP contribution in [0.1, 0.15) is 31.2 Å². The Kier molecular flexibility index (Phi) is 4.00. The van der Waals surface area contributed by atoms with Crippen molar-refractivity contribution in [3.63, 3.8) is 0 Å². The van der Waals surface area contributed by atoms with E-state index in [9.17, 15) is 0 Å². The number of hydrogen-bond donors (Lipinski definition) is 1. The van der Waals surface area contributed by atoms with E-state index in [1.807, 2.05) is 18.2 Å². The van der Waals surface area contributed by atoms with E-state index in [0.717, 1.165) is 23.7 Å². The first-order chi connectivity index (χ1) is 8.18. The van der Waals surface area contributed by atoms with Crippen LogP contribution in [0.5, 0.6) is 0 Å². The van der Waals surface area contributed by atoms with Gasteiger partial charge < -0.3 is 10.6 Å². The maximum Gasteiger partial charge on any atom is 0.106 e. The van der Waals surface area contributed by atoms with E-state index >= 15 is 0 Å². The molecule has 2 rings (SSSR count). The van der Waals surface area contributed by atoms with Crippen molar-refractivity contribution in [2.45, 2.75) is 25.7 Å². The molecule has 0 bridgehead atoms. The standard InChI is InChI=1S/C14H20N2S/c1-16(10-11-6-2-3-7-11)13-9-5-4-8-12(13)14(15)17/h4-5,8-9,11H,2-3,6-7,10H2,1H3,(H2,15,17). The molecule has 1 saturated carbocycles. The maximum absolute atomic E-state index is 5.77. The highest BCUT2D eigenvalue weighted by molar-refractivity contribution is 7.80. The van der Waals surface area contributed by atoms with E-state index in [4.69, 9.17) is 18.0 Å². The molecule has 17 heavy (non-hydrogen) atoms. The molecule has 0 aliphatic heterocycles. The molecule has 0 unspecified atom stereocenters. The summed E-state index contributed by atoms with van der Waals surface area (Å²) in [5.41, 5.74) is 7.91. The van der Waals surface area contributed by atoms with Crippen LogP contribution in [0.3, 0.4) is 0 Å². The molecular formula is C14H20N2S. The number of rotatable bonds is 4. The van der Waals surface area contributed by atoms with E-state index in [0.29, 0.717) is 4.99 Å². The van der Waals surface area contributed by atoms with Crippen LogP contribution in [0, 0.1) is 5.92 Å². The quantitative estimate of drug-likeness (QED) is 0.831. The highest BCUT2D eigenvalue weighted by Crippen LogP contribution is 2.28. The summed E-state index contributed by atoms with van der Waals surface area (Å²) in [6, 6.07) is 8.13. The largest absolute Gasteiger partial charge is 0.389 e. The first kappa shape index (κ1) is 12.4. The monoisotopic (exact) mass is 248 g/mol. The van der Waals surface area contributed by atoms with Crippen molar-refractivity contribution in [3.8, 4) is 0 Å². The molecule has 1 aromatic carbocycles. The Balaban J connectivity index is 2.12. The Morgan fingerprint density at radius 1 is 1.35 bits per heavy atom. The van der Waals surface area contributed by atoms with E-state index in [-0.39, 0.29) is 0 Å². The molecule has 1 aliphatic rings. The van der Waals surface area contributed by atoms with Crippen LogP contribution in [-0.2, 0) is 0 Å². The Labute approximate surface area is 109 Å². The van der Waals surface area contributed by atoms with E-state index in [1.165, 1.54) is 25.7 Å². The minimum absolute atomic E-state index is 0.485. The summed E-state index contributed by atoms with van der Waals surface area (Å²) >= 11 is 5.10. The number of nitrogens with two attached hydrogens (primary N) is 1. The molecule has 1 aliphatic carbocycles. The van der Waals surface area contributed by atoms with Crippen molar-refractivity contribution in [3.05, 3.63) is 29.8 Å². The second-order valence-corrected chi connectivity index (χ2v) is 5.35. The van der Waals surface area contributed by atoms with Crippen LogP contribution in [0.4, 0.5) is 5.69 Å². The first-order valence-electron chi connectivity index (χ1n) is 6.28. The van der Waals surface area contributed by atoms with E-state index in [1.54, 1.807) is 0 Å². The maximum atomic E-state index is 5.77. The van der Waals surface area contributed by atoms with Crippen LogP contribution in [0.2, 0.25) is 0 Å². The summed E-state index contributed by atoms with van der Waals surface area (Å²) in [4.78, 5) is 2.78. The second kappa shape index (κ2) is 5.50. The molecule has 92 valence electrons. The van der Waals surface area contributed by atoms with Crippen LogP contribution < -0.4 is 10.6 Å². The minimum atomic E-state index is 0.485. The van der Waals surface area contributed by atoms with Gasteiger partial charge in [0.05, 0.1) is 0 Å². The van der Waals surface area contributed by atoms with Crippen molar-refractivity contribution in [1.82, 2.24) is 0 Å². The van der Waals surface area contributed by atoms with Gasteiger partial charge in [-0.1, -0.05) is 37.2 Å². The molecule has 1 fully saturated rings. The molecule has 0 aromatic heterocycles. The zero-order valence-corrected chi connectivity index (χ0v) is 11.2. The Hall–Kier alpha value is -1.09. The fourth-order valence-electron chi connectivity index (χ4n) is 2.69. The average molecular weight is 248 g/mol. The molecule has 2 N–H and O–H groups in total. The molecule has 1 aromatic rings. The van der Waals surface area contributed by atoms with Gasteiger partial charge in [-0.15, -0.1) is 0 Å². The van der Waals surface area contributed by atoms with Crippen molar-refractivity contribution in [2.24, 2.45) is 11.7 Å². The summed E-state index contributed by atoms with van der Waals surface area (Å²) in [6.45, 7) is 1.11. The molecule has 0 spiro atoms. The van der Waals surface area contributed by atoms with Crippen LogP contribution in [0.15, 0.2) is 24.3 Å². The third-order valence-electron chi connectivity index (χ3n) is 3.59. The SMILES string of the molecule is CN(CC1CCCC1)c1ccccc1C(N)=S. The number of nitrogens with zero attached hydrogens (tertiary/aromatic N) is 1. The van der Waals surface area contributed by atoms with Crippen LogP contribution in [0.25, 0.3) is 0 Å². The van der Waals surface area contributed by atoms with Gasteiger partial charge in [0.2, 0.25) is 0 Å². The molecule has 0 radical (unpaired) electrons. The van der Waals surface area contributed by atoms with Gasteiger partial charge in [-0.3, -0.25) is 0 Å². The Morgan fingerprint density at radius 3 is 2.65 bits per heavy atom. The van der Waals surface area contributed by atoms with Gasteiger partial charge in [-0.05, 0) is 30.9 Å². The lowest BCUT2D eigenvalue weighted by Crippen LogP contribution is -2.26. The predicted molar refractivity (Wildman–Crippen MR) is 77.6 cm³/mol. The van der Waals surface area contributed by atoms with Crippen molar-refractivity contribution < 1.29 is 0 Å². The molecule has 0 heterocycles. The third kappa shape index (κ3) is 2.97. The average Bonchev–Trinajstić information content (AvgIpc) is 2.81. The molecule has 0 amide bonds. The number of benzene rings is 1. The molecule has 3 heteroatoms. The lowest BCUT2D eigenvalue weighted by Gasteiger charge is -2.25. The Bertz CT molecular complexity index is 397. The van der Waals surface area contributed by atoms with E-state index in [2.05, 4.69) is 18.0 Å². The fraction of sp³-hybridized carbons (Fsp3) is 0.500. The summed E-state index contributed by atoms with van der Waals surface area (Å²) in [7, 11) is 2.13. The normalized spacial score (nSPS) is 16.1. The van der Waals surface area contributed by atoms with Crippen molar-refractivity contribution in [2.75, 3.05) is 18.5 Å². The highest BCUT2D eigenvalue weighted by atomic mass is 32.1. The lowest BCUT2D eigenvalue weighted by molar-refractivity contribution is 0.547. The highest BCUT2D eigenvalue weighted by Gasteiger charge is 2.18. The van der Waals surface area contributed by atoms with Gasteiger partial charge in [-0.25, -0.2) is 0 Å². The zero-order chi connectivity index (χ0) is 12.3. The summed E-state index contributed by atoms with van der Waals surface area (Å²) in [6.07, 6.45) is 5.49. The smallest absolute Gasteiger partial charge is 0.106 e. The zero-order valence-electron chi connectivity index (χ0n) is 10.4. The molecule has 0 atom stereocenters. The van der Waals surface area contributed by atoms with Gasteiger partial charge in [0.1, 0.15) is 4.99 Å². The van der Waals surface area contributed by atoms with Crippen LogP contribution >= 0.6 is 12.2 Å². The number of hydrogen-bond acceptors (Lipinski definition) is 2. The van der Waals surface area contributed by atoms with Gasteiger partial charge in [0.25, 0.3) is 0 Å². The molecule has 2 nitrogen and oxygen atoms in total. The van der Waals surface area contributed by atoms with Gasteiger partial charge in [-0.2, -0.15) is 0 Å². The van der Waals surface area contributed by atoms with Gasteiger partial charge >= 0.3 is 0 Å². The van der Waals surface area contributed by atoms with E-state index < -0.39 is 0 Å². The predicted octanol–water partition coefficient (Wildman–Crippen LogP) is 2.95. The molecular weight excluding hydrogens is 228 g/mol. The number of anilines is 1. The van der Waals surface area contributed by atoms with Crippen LogP contribution in [-0.4, -0.2) is 18.6 Å². The topological polar surface area (TPSA) is 29.3 Å². The lowest BCUT2D eigenvalue weighted by atomic mass is 10.1. The minimum Gasteiger partial charge on any atom is -0.389 e. The number of thiocarbonyl (C=S) groups is 1. The van der Waals surface area contributed by atoms with Crippen molar-refractivity contribution >= 4 is 22.9 Å². The fourth-order valence-corrected chi connectivity index (χ4v) is 2.87. The first-order valence-corrected chi connectivity index (χ1v) is 6.69. The van der Waals surface area contributed by atoms with Gasteiger partial charge in [0, 0.05) is 24.8 Å². The third-order valence-corrected chi connectivity index (χ3v) is 3.81. The Morgan fingerprint density at radius 2 is 2.00 bits per heavy atom. The van der Waals surface area contributed by atoms with Crippen molar-refractivity contribution in [1.29, 1.82) is 0 Å². The molecule has 0 saturated heterocycles. The summed E-state index contributed by atoms with van der Waals surface area (Å²) in [5.74, 6) is 0.833. The summed E-state index contributed by atoms with van der Waals surface area (Å²) < 4.78 is 0. The number of para-hydroxylation sites is 1. The van der Waals surface area contributed by atoms with Gasteiger partial charge in [0.15, 0.2) is 0 Å². The summed E-state index contributed by atoms with van der Waals surface area (Å²) in [5, 5.41) is 0. The second-order valence-electron chi connectivity index (χ2n) is 4.91.